The van der Waals surface area contributed by atoms with Gasteiger partial charge < -0.3 is 19.8 Å². The number of methoxy groups -OCH3 is 2. The van der Waals surface area contributed by atoms with Crippen molar-refractivity contribution < 1.29 is 9.47 Å². The van der Waals surface area contributed by atoms with E-state index in [0.29, 0.717) is 6.54 Å². The molecule has 1 aromatic heterocycles. The summed E-state index contributed by atoms with van der Waals surface area (Å²) in [7, 11) is 5.42. The predicted octanol–water partition coefficient (Wildman–Crippen LogP) is 2.01. The zero-order valence-corrected chi connectivity index (χ0v) is 11.4. The summed E-state index contributed by atoms with van der Waals surface area (Å²) in [5.74, 6) is 1.73. The second kappa shape index (κ2) is 4.90. The number of aryl methyl sites for hydroxylation is 1. The van der Waals surface area contributed by atoms with Crippen molar-refractivity contribution in [1.29, 1.82) is 0 Å². The van der Waals surface area contributed by atoms with Gasteiger partial charge >= 0.3 is 0 Å². The van der Waals surface area contributed by atoms with Crippen LogP contribution < -0.4 is 15.2 Å². The van der Waals surface area contributed by atoms with E-state index in [0.717, 1.165) is 28.8 Å². The fourth-order valence-corrected chi connectivity index (χ4v) is 2.51. The lowest BCUT2D eigenvalue weighted by atomic mass is 10.1. The Labute approximate surface area is 107 Å². The van der Waals surface area contributed by atoms with Crippen molar-refractivity contribution in [3.8, 4) is 11.5 Å². The summed E-state index contributed by atoms with van der Waals surface area (Å²) in [5.41, 5.74) is 9.23. The highest BCUT2D eigenvalue weighted by Gasteiger charge is 2.18. The van der Waals surface area contributed by atoms with Crippen molar-refractivity contribution in [1.82, 2.24) is 4.57 Å². The smallest absolute Gasteiger partial charge is 0.143 e. The minimum Gasteiger partial charge on any atom is -0.496 e. The molecular weight excluding hydrogens is 228 g/mol. The Morgan fingerprint density at radius 3 is 2.33 bits per heavy atom. The number of benzene rings is 1. The fraction of sp³-hybridized carbons (Fsp3) is 0.429. The Morgan fingerprint density at radius 2 is 1.78 bits per heavy atom. The number of ether oxygens (including phenoxy) is 2. The molecule has 1 aromatic carbocycles. The van der Waals surface area contributed by atoms with Crippen molar-refractivity contribution in [3.05, 3.63) is 23.4 Å². The van der Waals surface area contributed by atoms with Crippen LogP contribution in [0.1, 0.15) is 11.3 Å². The molecule has 4 heteroatoms. The van der Waals surface area contributed by atoms with E-state index in [2.05, 4.69) is 11.5 Å². The normalized spacial score (nSPS) is 10.9. The van der Waals surface area contributed by atoms with Crippen LogP contribution in [0, 0.1) is 6.92 Å². The molecule has 0 amide bonds. The second-order valence-corrected chi connectivity index (χ2v) is 4.36. The number of nitrogens with two attached hydrogens (primary N) is 1. The van der Waals surface area contributed by atoms with Gasteiger partial charge in [0.2, 0.25) is 0 Å². The van der Waals surface area contributed by atoms with E-state index in [1.165, 1.54) is 11.3 Å². The number of nitrogens with zero attached hydrogens (tertiary/aromatic N) is 1. The first-order chi connectivity index (χ1) is 8.65. The van der Waals surface area contributed by atoms with Crippen LogP contribution >= 0.6 is 0 Å². The van der Waals surface area contributed by atoms with Gasteiger partial charge in [-0.25, -0.2) is 0 Å². The van der Waals surface area contributed by atoms with Crippen molar-refractivity contribution in [2.45, 2.75) is 13.3 Å². The molecule has 0 atom stereocenters. The minimum absolute atomic E-state index is 0.625. The lowest BCUT2D eigenvalue weighted by Crippen LogP contribution is -2.04. The summed E-state index contributed by atoms with van der Waals surface area (Å²) in [6, 6.07) is 3.88. The van der Waals surface area contributed by atoms with E-state index in [1.54, 1.807) is 14.2 Å². The van der Waals surface area contributed by atoms with E-state index < -0.39 is 0 Å². The second-order valence-electron chi connectivity index (χ2n) is 4.36. The van der Waals surface area contributed by atoms with Gasteiger partial charge in [-0.15, -0.1) is 0 Å². The van der Waals surface area contributed by atoms with Crippen molar-refractivity contribution >= 4 is 10.9 Å². The van der Waals surface area contributed by atoms with Gasteiger partial charge in [0, 0.05) is 18.1 Å². The van der Waals surface area contributed by atoms with E-state index in [4.69, 9.17) is 15.2 Å². The summed E-state index contributed by atoms with van der Waals surface area (Å²) in [4.78, 5) is 0. The average molecular weight is 248 g/mol. The molecule has 0 fully saturated rings. The molecule has 0 unspecified atom stereocenters. The van der Waals surface area contributed by atoms with Crippen LogP contribution in [0.25, 0.3) is 10.9 Å². The molecular formula is C14H20N2O2. The Bertz CT molecular complexity index is 573. The van der Waals surface area contributed by atoms with Gasteiger partial charge in [-0.3, -0.25) is 0 Å². The number of fused-ring (bicyclic) bond motifs is 1. The van der Waals surface area contributed by atoms with E-state index >= 15 is 0 Å². The zero-order valence-electron chi connectivity index (χ0n) is 11.4. The van der Waals surface area contributed by atoms with Gasteiger partial charge in [0.05, 0.1) is 19.7 Å². The molecule has 4 nitrogen and oxygen atoms in total. The van der Waals surface area contributed by atoms with Gasteiger partial charge in [-0.1, -0.05) is 0 Å². The minimum atomic E-state index is 0.625. The van der Waals surface area contributed by atoms with Crippen LogP contribution in [-0.4, -0.2) is 25.3 Å². The summed E-state index contributed by atoms with van der Waals surface area (Å²) in [5, 5.41) is 1.11. The highest BCUT2D eigenvalue weighted by molar-refractivity contribution is 5.95. The van der Waals surface area contributed by atoms with Crippen LogP contribution in [0.4, 0.5) is 0 Å². The maximum Gasteiger partial charge on any atom is 0.143 e. The molecule has 0 aliphatic heterocycles. The Kier molecular flexibility index (Phi) is 3.48. The fourth-order valence-electron chi connectivity index (χ4n) is 2.51. The maximum atomic E-state index is 5.71. The predicted molar refractivity (Wildman–Crippen MR) is 73.5 cm³/mol. The van der Waals surface area contributed by atoms with E-state index in [9.17, 15) is 0 Å². The Morgan fingerprint density at radius 1 is 1.17 bits per heavy atom. The summed E-state index contributed by atoms with van der Waals surface area (Å²) in [6.07, 6.45) is 0.840. The summed E-state index contributed by atoms with van der Waals surface area (Å²) < 4.78 is 13.1. The molecule has 2 N–H and O–H groups in total. The van der Waals surface area contributed by atoms with Gasteiger partial charge in [0.15, 0.2) is 0 Å². The molecule has 0 radical (unpaired) electrons. The van der Waals surface area contributed by atoms with Gasteiger partial charge in [0.1, 0.15) is 11.5 Å². The van der Waals surface area contributed by atoms with Crippen LogP contribution in [0.2, 0.25) is 0 Å². The van der Waals surface area contributed by atoms with Crippen molar-refractivity contribution in [2.75, 3.05) is 20.8 Å². The van der Waals surface area contributed by atoms with Crippen molar-refractivity contribution in [3.63, 3.8) is 0 Å². The standard InChI is InChI=1S/C14H20N2O2/c1-9-10(7-8-15)13-11(17-3)5-6-12(18-4)14(13)16(9)2/h5-6H,7-8,15H2,1-4H3. The van der Waals surface area contributed by atoms with E-state index in [-0.39, 0.29) is 0 Å². The maximum absolute atomic E-state index is 5.71. The number of aromatic nitrogens is 1. The third-order valence-electron chi connectivity index (χ3n) is 3.51. The number of hydrogen-bond acceptors (Lipinski definition) is 3. The highest BCUT2D eigenvalue weighted by atomic mass is 16.5. The van der Waals surface area contributed by atoms with E-state index in [1.807, 2.05) is 19.2 Å². The van der Waals surface area contributed by atoms with Crippen LogP contribution in [0.15, 0.2) is 12.1 Å². The molecule has 18 heavy (non-hydrogen) atoms. The molecule has 0 bridgehead atoms. The first kappa shape index (κ1) is 12.8. The first-order valence-corrected chi connectivity index (χ1v) is 6.04. The first-order valence-electron chi connectivity index (χ1n) is 6.04. The number of hydrogen-bond donors (Lipinski definition) is 1. The lowest BCUT2D eigenvalue weighted by Gasteiger charge is -2.08. The molecule has 2 rings (SSSR count). The molecule has 0 aliphatic carbocycles. The van der Waals surface area contributed by atoms with Crippen LogP contribution in [-0.2, 0) is 13.5 Å². The molecule has 0 saturated carbocycles. The van der Waals surface area contributed by atoms with Crippen LogP contribution in [0.5, 0.6) is 11.5 Å². The SMILES string of the molecule is COc1ccc(OC)c2c1c(CCN)c(C)n2C. The molecule has 0 saturated heterocycles. The quantitative estimate of drug-likeness (QED) is 0.900. The third-order valence-corrected chi connectivity index (χ3v) is 3.51. The molecule has 0 spiro atoms. The largest absolute Gasteiger partial charge is 0.496 e. The zero-order chi connectivity index (χ0) is 13.3. The van der Waals surface area contributed by atoms with Crippen molar-refractivity contribution in [2.24, 2.45) is 12.8 Å². The highest BCUT2D eigenvalue weighted by Crippen LogP contribution is 2.38. The average Bonchev–Trinajstić information content (AvgIpc) is 2.64. The Balaban J connectivity index is 2.87. The monoisotopic (exact) mass is 248 g/mol. The molecule has 2 aromatic rings. The summed E-state index contributed by atoms with van der Waals surface area (Å²) >= 11 is 0. The summed E-state index contributed by atoms with van der Waals surface area (Å²) in [6.45, 7) is 2.73. The number of rotatable bonds is 4. The van der Waals surface area contributed by atoms with Gasteiger partial charge in [-0.05, 0) is 37.6 Å². The molecule has 1 heterocycles. The lowest BCUT2D eigenvalue weighted by molar-refractivity contribution is 0.409. The van der Waals surface area contributed by atoms with Crippen LogP contribution in [0.3, 0.4) is 0 Å². The topological polar surface area (TPSA) is 49.4 Å². The third kappa shape index (κ3) is 1.73. The van der Waals surface area contributed by atoms with Gasteiger partial charge in [-0.2, -0.15) is 0 Å². The van der Waals surface area contributed by atoms with Gasteiger partial charge in [0.25, 0.3) is 0 Å². The molecule has 98 valence electrons. The molecule has 0 aliphatic rings. The Hall–Kier alpha value is -1.68.